The fourth-order valence-electron chi connectivity index (χ4n) is 3.46. The van der Waals surface area contributed by atoms with Gasteiger partial charge in [0.1, 0.15) is 16.4 Å². The molecule has 1 fully saturated rings. The molecule has 0 saturated carbocycles. The van der Waals surface area contributed by atoms with Gasteiger partial charge in [-0.15, -0.1) is 0 Å². The standard InChI is InChI=1S/C20H20FN3O3S/c1-14-6-7-17-15(12-14)13-18(22-17)20(25)23-8-10-24(11-9-23)28(26,27)19-5-3-2-4-16(19)21/h2-7,12-13,22H,8-11H2,1H3. The van der Waals surface area contributed by atoms with Crippen molar-refractivity contribution in [1.82, 2.24) is 14.2 Å². The molecule has 0 unspecified atom stereocenters. The second-order valence-electron chi connectivity index (χ2n) is 6.90. The Bertz CT molecular complexity index is 1150. The van der Waals surface area contributed by atoms with Crippen LogP contribution in [-0.2, 0) is 10.0 Å². The van der Waals surface area contributed by atoms with Gasteiger partial charge in [-0.25, -0.2) is 12.8 Å². The monoisotopic (exact) mass is 401 g/mol. The van der Waals surface area contributed by atoms with Crippen molar-refractivity contribution in [3.8, 4) is 0 Å². The third kappa shape index (κ3) is 3.29. The van der Waals surface area contributed by atoms with Crippen LogP contribution in [0.2, 0.25) is 0 Å². The van der Waals surface area contributed by atoms with E-state index in [1.54, 1.807) is 4.90 Å². The molecule has 1 saturated heterocycles. The van der Waals surface area contributed by atoms with Gasteiger partial charge in [-0.1, -0.05) is 23.8 Å². The number of hydrogen-bond donors (Lipinski definition) is 1. The van der Waals surface area contributed by atoms with Crippen LogP contribution in [0.15, 0.2) is 53.4 Å². The summed E-state index contributed by atoms with van der Waals surface area (Å²) >= 11 is 0. The summed E-state index contributed by atoms with van der Waals surface area (Å²) in [5, 5.41) is 0.962. The number of fused-ring (bicyclic) bond motifs is 1. The minimum atomic E-state index is -3.92. The lowest BCUT2D eigenvalue weighted by molar-refractivity contribution is 0.0693. The smallest absolute Gasteiger partial charge is 0.270 e. The van der Waals surface area contributed by atoms with Crippen molar-refractivity contribution in [1.29, 1.82) is 0 Å². The van der Waals surface area contributed by atoms with E-state index < -0.39 is 15.8 Å². The zero-order chi connectivity index (χ0) is 19.9. The van der Waals surface area contributed by atoms with Gasteiger partial charge in [0.25, 0.3) is 5.91 Å². The largest absolute Gasteiger partial charge is 0.351 e. The molecule has 28 heavy (non-hydrogen) atoms. The van der Waals surface area contributed by atoms with E-state index in [9.17, 15) is 17.6 Å². The molecular weight excluding hydrogens is 381 g/mol. The number of piperazine rings is 1. The Balaban J connectivity index is 1.49. The predicted octanol–water partition coefficient (Wildman–Crippen LogP) is 2.76. The number of benzene rings is 2. The van der Waals surface area contributed by atoms with Gasteiger partial charge >= 0.3 is 0 Å². The number of halogens is 1. The molecule has 1 amide bonds. The van der Waals surface area contributed by atoms with Crippen LogP contribution in [0.4, 0.5) is 4.39 Å². The van der Waals surface area contributed by atoms with E-state index in [1.807, 2.05) is 31.2 Å². The van der Waals surface area contributed by atoms with E-state index in [0.29, 0.717) is 5.69 Å². The van der Waals surface area contributed by atoms with E-state index in [0.717, 1.165) is 22.5 Å². The van der Waals surface area contributed by atoms with Crippen LogP contribution in [0.5, 0.6) is 0 Å². The summed E-state index contributed by atoms with van der Waals surface area (Å²) < 4.78 is 40.5. The quantitative estimate of drug-likeness (QED) is 0.733. The Morgan fingerprint density at radius 2 is 1.75 bits per heavy atom. The van der Waals surface area contributed by atoms with Crippen LogP contribution >= 0.6 is 0 Å². The maximum atomic E-state index is 13.9. The number of carbonyl (C=O) groups excluding carboxylic acids is 1. The van der Waals surface area contributed by atoms with Crippen LogP contribution in [0.3, 0.4) is 0 Å². The molecule has 1 aromatic heterocycles. The molecule has 1 aliphatic heterocycles. The van der Waals surface area contributed by atoms with Gasteiger partial charge in [0.15, 0.2) is 0 Å². The Morgan fingerprint density at radius 1 is 1.04 bits per heavy atom. The zero-order valence-corrected chi connectivity index (χ0v) is 16.2. The van der Waals surface area contributed by atoms with Crippen molar-refractivity contribution in [2.75, 3.05) is 26.2 Å². The van der Waals surface area contributed by atoms with Gasteiger partial charge < -0.3 is 9.88 Å². The summed E-state index contributed by atoms with van der Waals surface area (Å²) in [4.78, 5) is 17.2. The maximum absolute atomic E-state index is 13.9. The Kier molecular flexibility index (Phi) is 4.68. The lowest BCUT2D eigenvalue weighted by Crippen LogP contribution is -2.50. The molecule has 6 nitrogen and oxygen atoms in total. The molecule has 0 bridgehead atoms. The number of aromatic nitrogens is 1. The first-order valence-corrected chi connectivity index (χ1v) is 10.4. The molecule has 1 aliphatic rings. The van der Waals surface area contributed by atoms with E-state index in [4.69, 9.17) is 0 Å². The second-order valence-corrected chi connectivity index (χ2v) is 8.81. The molecule has 8 heteroatoms. The first-order chi connectivity index (χ1) is 13.4. The number of hydrogen-bond acceptors (Lipinski definition) is 3. The average Bonchev–Trinajstić information content (AvgIpc) is 3.11. The van der Waals surface area contributed by atoms with Gasteiger partial charge in [0.05, 0.1) is 0 Å². The average molecular weight is 401 g/mol. The first kappa shape index (κ1) is 18.6. The number of carbonyl (C=O) groups is 1. The number of nitrogens with one attached hydrogen (secondary N) is 1. The Morgan fingerprint density at radius 3 is 2.46 bits per heavy atom. The maximum Gasteiger partial charge on any atom is 0.270 e. The predicted molar refractivity (Wildman–Crippen MR) is 104 cm³/mol. The van der Waals surface area contributed by atoms with Crippen molar-refractivity contribution in [3.05, 3.63) is 65.6 Å². The second kappa shape index (κ2) is 7.03. The lowest BCUT2D eigenvalue weighted by Gasteiger charge is -2.33. The van der Waals surface area contributed by atoms with E-state index >= 15 is 0 Å². The highest BCUT2D eigenvalue weighted by molar-refractivity contribution is 7.89. The van der Waals surface area contributed by atoms with Crippen LogP contribution < -0.4 is 0 Å². The first-order valence-electron chi connectivity index (χ1n) is 8.99. The van der Waals surface area contributed by atoms with Crippen LogP contribution in [0.1, 0.15) is 16.1 Å². The molecule has 2 heterocycles. The van der Waals surface area contributed by atoms with Crippen LogP contribution in [0.25, 0.3) is 10.9 Å². The van der Waals surface area contributed by atoms with Crippen molar-refractivity contribution < 1.29 is 17.6 Å². The Labute approximate surface area is 162 Å². The van der Waals surface area contributed by atoms with Crippen molar-refractivity contribution in [2.45, 2.75) is 11.8 Å². The number of aryl methyl sites for hydroxylation is 1. The van der Waals surface area contributed by atoms with Gasteiger partial charge in [-0.3, -0.25) is 4.79 Å². The third-order valence-corrected chi connectivity index (χ3v) is 6.92. The molecule has 0 spiro atoms. The summed E-state index contributed by atoms with van der Waals surface area (Å²) in [5.74, 6) is -0.939. The molecular formula is C20H20FN3O3S. The van der Waals surface area contributed by atoms with Crippen LogP contribution in [0, 0.1) is 12.7 Å². The summed E-state index contributed by atoms with van der Waals surface area (Å²) in [7, 11) is -3.92. The highest BCUT2D eigenvalue weighted by Gasteiger charge is 2.32. The number of aromatic amines is 1. The molecule has 146 valence electrons. The van der Waals surface area contributed by atoms with E-state index in [-0.39, 0.29) is 37.0 Å². The summed E-state index contributed by atoms with van der Waals surface area (Å²) in [6.45, 7) is 2.74. The van der Waals surface area contributed by atoms with Crippen molar-refractivity contribution in [3.63, 3.8) is 0 Å². The fraction of sp³-hybridized carbons (Fsp3) is 0.250. The topological polar surface area (TPSA) is 73.5 Å². The number of nitrogens with zero attached hydrogens (tertiary/aromatic N) is 2. The van der Waals surface area contributed by atoms with E-state index in [2.05, 4.69) is 4.98 Å². The molecule has 0 aliphatic carbocycles. The van der Waals surface area contributed by atoms with Crippen molar-refractivity contribution >= 4 is 26.8 Å². The van der Waals surface area contributed by atoms with E-state index in [1.165, 1.54) is 22.5 Å². The summed E-state index contributed by atoms with van der Waals surface area (Å²) in [6.07, 6.45) is 0. The van der Waals surface area contributed by atoms with Gasteiger partial charge in [-0.2, -0.15) is 4.31 Å². The number of amides is 1. The molecule has 0 radical (unpaired) electrons. The number of sulfonamides is 1. The summed E-state index contributed by atoms with van der Waals surface area (Å²) in [6, 6.07) is 13.0. The minimum Gasteiger partial charge on any atom is -0.351 e. The zero-order valence-electron chi connectivity index (χ0n) is 15.4. The normalized spacial score (nSPS) is 15.9. The molecule has 2 aromatic carbocycles. The fourth-order valence-corrected chi connectivity index (χ4v) is 4.95. The summed E-state index contributed by atoms with van der Waals surface area (Å²) in [5.41, 5.74) is 2.47. The molecule has 4 rings (SSSR count). The third-order valence-electron chi connectivity index (χ3n) is 4.99. The Hall–Kier alpha value is -2.71. The van der Waals surface area contributed by atoms with Crippen LogP contribution in [-0.4, -0.2) is 54.7 Å². The number of rotatable bonds is 3. The lowest BCUT2D eigenvalue weighted by atomic mass is 10.2. The van der Waals surface area contributed by atoms with Gasteiger partial charge in [-0.05, 0) is 37.3 Å². The van der Waals surface area contributed by atoms with Gasteiger partial charge in [0.2, 0.25) is 10.0 Å². The SMILES string of the molecule is Cc1ccc2[nH]c(C(=O)N3CCN(S(=O)(=O)c4ccccc4F)CC3)cc2c1. The highest BCUT2D eigenvalue weighted by Crippen LogP contribution is 2.22. The molecule has 0 atom stereocenters. The highest BCUT2D eigenvalue weighted by atomic mass is 32.2. The minimum absolute atomic E-state index is 0.127. The molecule has 3 aromatic rings. The molecule has 1 N–H and O–H groups in total. The van der Waals surface area contributed by atoms with Gasteiger partial charge in [0, 0.05) is 37.1 Å². The van der Waals surface area contributed by atoms with Crippen molar-refractivity contribution in [2.24, 2.45) is 0 Å². The number of H-pyrrole nitrogens is 1.